The van der Waals surface area contributed by atoms with Crippen LogP contribution in [-0.4, -0.2) is 54.9 Å². The molecule has 32 heavy (non-hydrogen) atoms. The first kappa shape index (κ1) is 23.4. The molecule has 0 unspecified atom stereocenters. The summed E-state index contributed by atoms with van der Waals surface area (Å²) in [7, 11) is -4.09. The molecule has 0 bridgehead atoms. The third-order valence-electron chi connectivity index (χ3n) is 6.72. The highest BCUT2D eigenvalue weighted by atomic mass is 35.5. The van der Waals surface area contributed by atoms with Gasteiger partial charge in [0.25, 0.3) is 5.92 Å². The summed E-state index contributed by atoms with van der Waals surface area (Å²) < 4.78 is 67.2. The quantitative estimate of drug-likeness (QED) is 0.640. The number of carbonyl (C=O) groups excluding carboxylic acids is 2. The second-order valence-electron chi connectivity index (χ2n) is 9.34. The molecule has 3 aliphatic rings. The maximum atomic E-state index is 13.7. The summed E-state index contributed by atoms with van der Waals surface area (Å²) in [6.45, 7) is 0.968. The maximum Gasteiger partial charge on any atom is 0.267 e. The number of alkyl halides is 2. The molecule has 1 aliphatic heterocycles. The molecule has 0 radical (unpaired) electrons. The second kappa shape index (κ2) is 7.90. The van der Waals surface area contributed by atoms with E-state index in [0.717, 1.165) is 35.9 Å². The van der Waals surface area contributed by atoms with Crippen LogP contribution in [0.25, 0.3) is 0 Å². The third-order valence-corrected chi connectivity index (χ3v) is 9.38. The minimum atomic E-state index is -4.09. The minimum Gasteiger partial charge on any atom is -0.351 e. The Kier molecular flexibility index (Phi) is 5.76. The van der Waals surface area contributed by atoms with Gasteiger partial charge < -0.3 is 10.2 Å². The van der Waals surface area contributed by atoms with Crippen LogP contribution >= 0.6 is 11.6 Å². The molecule has 3 fully saturated rings. The van der Waals surface area contributed by atoms with Crippen LogP contribution in [0.3, 0.4) is 0 Å². The van der Waals surface area contributed by atoms with Crippen molar-refractivity contribution in [3.63, 3.8) is 0 Å². The van der Waals surface area contributed by atoms with Crippen molar-refractivity contribution in [2.45, 2.75) is 60.6 Å². The van der Waals surface area contributed by atoms with Crippen molar-refractivity contribution < 1.29 is 31.2 Å². The molecule has 1 N–H and O–H groups in total. The molecule has 3 atom stereocenters. The molecule has 2 aliphatic carbocycles. The smallest absolute Gasteiger partial charge is 0.267 e. The first-order valence-electron chi connectivity index (χ1n) is 10.5. The fourth-order valence-corrected chi connectivity index (χ4v) is 6.91. The molecular formula is C21H24ClF3N2O4S. The molecule has 1 aromatic rings. The van der Waals surface area contributed by atoms with Gasteiger partial charge in [0.1, 0.15) is 5.82 Å². The molecular weight excluding hydrogens is 469 g/mol. The number of nitrogens with zero attached hydrogens (tertiary/aromatic N) is 1. The van der Waals surface area contributed by atoms with E-state index in [4.69, 9.17) is 11.6 Å². The van der Waals surface area contributed by atoms with Crippen LogP contribution < -0.4 is 5.32 Å². The number of benzene rings is 1. The van der Waals surface area contributed by atoms with Crippen molar-refractivity contribution >= 4 is 33.3 Å². The lowest BCUT2D eigenvalue weighted by molar-refractivity contribution is -0.141. The highest BCUT2D eigenvalue weighted by Crippen LogP contribution is 2.43. The number of halogens is 4. The van der Waals surface area contributed by atoms with Gasteiger partial charge in [-0.05, 0) is 50.8 Å². The van der Waals surface area contributed by atoms with Crippen LogP contribution in [0.1, 0.15) is 39.0 Å². The average molecular weight is 493 g/mol. The Labute approximate surface area is 189 Å². The monoisotopic (exact) mass is 492 g/mol. The number of likely N-dealkylation sites (tertiary alicyclic amines) is 1. The van der Waals surface area contributed by atoms with E-state index in [-0.39, 0.29) is 34.8 Å². The van der Waals surface area contributed by atoms with Gasteiger partial charge in [0.2, 0.25) is 11.8 Å². The number of carbonyl (C=O) groups is 2. The molecule has 1 saturated heterocycles. The number of hydrogen-bond donors (Lipinski definition) is 1. The van der Waals surface area contributed by atoms with Crippen molar-refractivity contribution in [1.82, 2.24) is 10.2 Å². The van der Waals surface area contributed by atoms with Gasteiger partial charge in [0.05, 0.1) is 33.5 Å². The van der Waals surface area contributed by atoms with Crippen molar-refractivity contribution in [2.24, 2.45) is 11.8 Å². The normalized spacial score (nSPS) is 28.5. The van der Waals surface area contributed by atoms with Crippen LogP contribution in [0.5, 0.6) is 0 Å². The van der Waals surface area contributed by atoms with E-state index in [0.29, 0.717) is 0 Å². The number of nitrogens with one attached hydrogen (secondary N) is 1. The molecule has 11 heteroatoms. The molecule has 0 aromatic heterocycles. The first-order valence-corrected chi connectivity index (χ1v) is 12.4. The predicted octanol–water partition coefficient (Wildman–Crippen LogP) is 3.18. The average Bonchev–Trinajstić information content (AvgIpc) is 3.11. The predicted molar refractivity (Wildman–Crippen MR) is 111 cm³/mol. The molecule has 1 heterocycles. The van der Waals surface area contributed by atoms with Gasteiger partial charge in [-0.1, -0.05) is 11.6 Å². The second-order valence-corrected chi connectivity index (χ2v) is 11.9. The lowest BCUT2D eigenvalue weighted by atomic mass is 9.93. The molecule has 6 nitrogen and oxygen atoms in total. The van der Waals surface area contributed by atoms with Crippen molar-refractivity contribution in [2.75, 3.05) is 13.1 Å². The van der Waals surface area contributed by atoms with Crippen molar-refractivity contribution in [1.29, 1.82) is 0 Å². The summed E-state index contributed by atoms with van der Waals surface area (Å²) in [5.74, 6) is -6.78. The van der Waals surface area contributed by atoms with Crippen molar-refractivity contribution in [3.8, 4) is 0 Å². The summed E-state index contributed by atoms with van der Waals surface area (Å²) in [6, 6.07) is 2.92. The van der Waals surface area contributed by atoms with Crippen molar-refractivity contribution in [3.05, 3.63) is 29.0 Å². The van der Waals surface area contributed by atoms with Gasteiger partial charge in [-0.3, -0.25) is 9.59 Å². The van der Waals surface area contributed by atoms with Gasteiger partial charge >= 0.3 is 0 Å². The summed E-state index contributed by atoms with van der Waals surface area (Å²) in [5, 5.41) is 1.46. The summed E-state index contributed by atoms with van der Waals surface area (Å²) in [5.41, 5.74) is -0.386. The van der Waals surface area contributed by atoms with E-state index in [2.05, 4.69) is 5.32 Å². The Morgan fingerprint density at radius 3 is 2.38 bits per heavy atom. The Morgan fingerprint density at radius 1 is 1.16 bits per heavy atom. The fraction of sp³-hybridized carbons (Fsp3) is 0.619. The van der Waals surface area contributed by atoms with Crippen LogP contribution in [-0.2, 0) is 19.4 Å². The standard InChI is InChI=1S/C21H24ClF3N2O4S/c1-20(4-5-20)26-18(28)14-9-13(32(30,31)17-3-2-12(23)8-16(17)22)10-15(14)19(29)27-7-6-21(24,25)11-27/h2-3,8,13-15H,4-7,9-11H2,1H3,(H,26,28)/t13-,14-,15-/m1/s1. The van der Waals surface area contributed by atoms with Crippen LogP contribution in [0.4, 0.5) is 13.2 Å². The third kappa shape index (κ3) is 4.48. The van der Waals surface area contributed by atoms with E-state index in [9.17, 15) is 31.2 Å². The van der Waals surface area contributed by atoms with Gasteiger partial charge in [0, 0.05) is 18.5 Å². The Balaban J connectivity index is 1.61. The first-order chi connectivity index (χ1) is 14.8. The van der Waals surface area contributed by atoms with E-state index in [1.165, 1.54) is 0 Å². The van der Waals surface area contributed by atoms with Gasteiger partial charge in [-0.15, -0.1) is 0 Å². The van der Waals surface area contributed by atoms with Crippen LogP contribution in [0, 0.1) is 17.7 Å². The van der Waals surface area contributed by atoms with Gasteiger partial charge in [-0.25, -0.2) is 21.6 Å². The Morgan fingerprint density at radius 2 is 1.81 bits per heavy atom. The molecule has 176 valence electrons. The zero-order valence-corrected chi connectivity index (χ0v) is 19.0. The maximum absolute atomic E-state index is 13.7. The zero-order chi connectivity index (χ0) is 23.5. The van der Waals surface area contributed by atoms with Gasteiger partial charge in [0.15, 0.2) is 9.84 Å². The molecule has 2 amide bonds. The SMILES string of the molecule is CC1(NC(=O)[C@@H]2C[C@@H](S(=O)(=O)c3ccc(F)cc3Cl)C[C@H]2C(=O)N2CCC(F)(F)C2)CC1. The topological polar surface area (TPSA) is 83.5 Å². The number of rotatable bonds is 5. The highest BCUT2D eigenvalue weighted by Gasteiger charge is 2.52. The fourth-order valence-electron chi connectivity index (χ4n) is 4.55. The molecule has 1 aromatic carbocycles. The minimum absolute atomic E-state index is 0.140. The van der Waals surface area contributed by atoms with E-state index in [1.807, 2.05) is 6.92 Å². The summed E-state index contributed by atoms with van der Waals surface area (Å²) >= 11 is 5.96. The lowest BCUT2D eigenvalue weighted by Crippen LogP contribution is -2.44. The van der Waals surface area contributed by atoms with Crippen LogP contribution in [0.15, 0.2) is 23.1 Å². The highest BCUT2D eigenvalue weighted by molar-refractivity contribution is 7.92. The molecule has 0 spiro atoms. The molecule has 2 saturated carbocycles. The molecule has 4 rings (SSSR count). The van der Waals surface area contributed by atoms with Crippen LogP contribution in [0.2, 0.25) is 5.02 Å². The number of hydrogen-bond acceptors (Lipinski definition) is 4. The number of sulfone groups is 1. The van der Waals surface area contributed by atoms with E-state index in [1.54, 1.807) is 0 Å². The summed E-state index contributed by atoms with van der Waals surface area (Å²) in [4.78, 5) is 26.8. The number of amides is 2. The Hall–Kier alpha value is -1.81. The Bertz CT molecular complexity index is 1060. The summed E-state index contributed by atoms with van der Waals surface area (Å²) in [6.07, 6.45) is 0.752. The largest absolute Gasteiger partial charge is 0.351 e. The van der Waals surface area contributed by atoms with E-state index < -0.39 is 63.4 Å². The lowest BCUT2D eigenvalue weighted by Gasteiger charge is -2.25. The van der Waals surface area contributed by atoms with Gasteiger partial charge in [-0.2, -0.15) is 0 Å². The van der Waals surface area contributed by atoms with E-state index >= 15 is 0 Å². The zero-order valence-electron chi connectivity index (χ0n) is 17.4.